The minimum atomic E-state index is -0.000105. The highest BCUT2D eigenvalue weighted by atomic mass is 16.2. The van der Waals surface area contributed by atoms with Gasteiger partial charge in [0.2, 0.25) is 5.91 Å². The number of amides is 1. The number of hydrogen-bond acceptors (Lipinski definition) is 2. The smallest absolute Gasteiger partial charge is 0.243 e. The van der Waals surface area contributed by atoms with Gasteiger partial charge in [-0.25, -0.2) is 4.99 Å². The third-order valence-electron chi connectivity index (χ3n) is 3.78. The van der Waals surface area contributed by atoms with Gasteiger partial charge in [-0.3, -0.25) is 4.79 Å². The van der Waals surface area contributed by atoms with Crippen LogP contribution in [0.5, 0.6) is 0 Å². The standard InChI is InChI=1S/C17H26N4O/c1-13(15-7-5-4-6-8-15)20-17(18-11-14-9-10-14)19-12-16(22)21(2)3/h4-8,13-14H,9-12H2,1-3H3,(H2,18,19,20). The van der Waals surface area contributed by atoms with Crippen molar-refractivity contribution in [3.8, 4) is 0 Å². The molecular formula is C17H26N4O. The first-order chi connectivity index (χ1) is 10.6. The van der Waals surface area contributed by atoms with Crippen LogP contribution in [0.1, 0.15) is 31.4 Å². The summed E-state index contributed by atoms with van der Waals surface area (Å²) in [7, 11) is 3.49. The lowest BCUT2D eigenvalue weighted by atomic mass is 10.1. The Balaban J connectivity index is 1.96. The van der Waals surface area contributed by atoms with Crippen molar-refractivity contribution in [2.24, 2.45) is 10.9 Å². The van der Waals surface area contributed by atoms with Crippen LogP contribution in [-0.2, 0) is 4.79 Å². The summed E-state index contributed by atoms with van der Waals surface area (Å²) in [5.41, 5.74) is 1.20. The topological polar surface area (TPSA) is 56.7 Å². The average Bonchev–Trinajstić information content (AvgIpc) is 3.34. The number of benzene rings is 1. The van der Waals surface area contributed by atoms with Crippen molar-refractivity contribution in [3.05, 3.63) is 35.9 Å². The van der Waals surface area contributed by atoms with E-state index < -0.39 is 0 Å². The Morgan fingerprint density at radius 1 is 1.32 bits per heavy atom. The number of nitrogens with one attached hydrogen (secondary N) is 2. The molecule has 5 nitrogen and oxygen atoms in total. The van der Waals surface area contributed by atoms with E-state index in [1.54, 1.807) is 19.0 Å². The van der Waals surface area contributed by atoms with E-state index in [4.69, 9.17) is 0 Å². The number of likely N-dealkylation sites (N-methyl/N-ethyl adjacent to an activating group) is 1. The Kier molecular flexibility index (Phi) is 5.81. The number of nitrogens with zero attached hydrogens (tertiary/aromatic N) is 2. The molecule has 2 rings (SSSR count). The Bertz CT molecular complexity index is 509. The highest BCUT2D eigenvalue weighted by Crippen LogP contribution is 2.27. The summed E-state index contributed by atoms with van der Waals surface area (Å²) in [4.78, 5) is 17.7. The van der Waals surface area contributed by atoms with Gasteiger partial charge in [0, 0.05) is 20.6 Å². The van der Waals surface area contributed by atoms with Crippen molar-refractivity contribution in [2.75, 3.05) is 27.2 Å². The predicted octanol–water partition coefficient (Wildman–Crippen LogP) is 1.78. The monoisotopic (exact) mass is 302 g/mol. The number of carbonyl (C=O) groups excluding carboxylic acids is 1. The molecule has 1 aliphatic rings. The second-order valence-electron chi connectivity index (χ2n) is 6.05. The van der Waals surface area contributed by atoms with Crippen LogP contribution in [0.2, 0.25) is 0 Å². The molecule has 0 aromatic heterocycles. The molecule has 0 aliphatic heterocycles. The van der Waals surface area contributed by atoms with Gasteiger partial charge in [0.05, 0.1) is 6.04 Å². The predicted molar refractivity (Wildman–Crippen MR) is 89.7 cm³/mol. The van der Waals surface area contributed by atoms with Crippen molar-refractivity contribution < 1.29 is 4.79 Å². The van der Waals surface area contributed by atoms with Gasteiger partial charge in [0.25, 0.3) is 0 Å². The maximum atomic E-state index is 11.7. The molecule has 1 saturated carbocycles. The summed E-state index contributed by atoms with van der Waals surface area (Å²) in [6.07, 6.45) is 2.57. The molecule has 1 atom stereocenters. The van der Waals surface area contributed by atoms with Gasteiger partial charge in [0.15, 0.2) is 5.96 Å². The number of guanidine groups is 1. The van der Waals surface area contributed by atoms with E-state index in [9.17, 15) is 4.79 Å². The number of hydrogen-bond donors (Lipinski definition) is 2. The molecule has 0 heterocycles. The number of rotatable bonds is 6. The highest BCUT2D eigenvalue weighted by molar-refractivity contribution is 5.85. The first kappa shape index (κ1) is 16.3. The van der Waals surface area contributed by atoms with Crippen molar-refractivity contribution in [1.82, 2.24) is 15.5 Å². The summed E-state index contributed by atoms with van der Waals surface area (Å²) >= 11 is 0. The lowest BCUT2D eigenvalue weighted by Gasteiger charge is -2.19. The fraction of sp³-hybridized carbons (Fsp3) is 0.529. The molecule has 1 aromatic rings. The fourth-order valence-corrected chi connectivity index (χ4v) is 2.03. The fourth-order valence-electron chi connectivity index (χ4n) is 2.03. The Morgan fingerprint density at radius 2 is 2.00 bits per heavy atom. The molecule has 0 spiro atoms. The summed E-state index contributed by atoms with van der Waals surface area (Å²) in [5.74, 6) is 1.46. The summed E-state index contributed by atoms with van der Waals surface area (Å²) < 4.78 is 0. The van der Waals surface area contributed by atoms with Crippen molar-refractivity contribution in [1.29, 1.82) is 0 Å². The molecule has 0 radical (unpaired) electrons. The molecule has 5 heteroatoms. The van der Waals surface area contributed by atoms with E-state index in [2.05, 4.69) is 34.7 Å². The van der Waals surface area contributed by atoms with Crippen molar-refractivity contribution in [2.45, 2.75) is 25.8 Å². The molecular weight excluding hydrogens is 276 g/mol. The number of aliphatic imine (C=N–C) groups is 1. The van der Waals surface area contributed by atoms with E-state index in [0.29, 0.717) is 5.96 Å². The molecule has 22 heavy (non-hydrogen) atoms. The lowest BCUT2D eigenvalue weighted by Crippen LogP contribution is -2.40. The molecule has 1 aliphatic carbocycles. The first-order valence-electron chi connectivity index (χ1n) is 7.86. The zero-order chi connectivity index (χ0) is 15.9. The van der Waals surface area contributed by atoms with E-state index in [-0.39, 0.29) is 18.5 Å². The van der Waals surface area contributed by atoms with Crippen LogP contribution < -0.4 is 10.6 Å². The number of carbonyl (C=O) groups is 1. The third kappa shape index (κ3) is 5.39. The minimum Gasteiger partial charge on any atom is -0.356 e. The van der Waals surface area contributed by atoms with Crippen LogP contribution in [-0.4, -0.2) is 44.0 Å². The van der Waals surface area contributed by atoms with Gasteiger partial charge in [-0.1, -0.05) is 30.3 Å². The van der Waals surface area contributed by atoms with Gasteiger partial charge in [0.1, 0.15) is 6.54 Å². The molecule has 0 saturated heterocycles. The van der Waals surface area contributed by atoms with Crippen LogP contribution in [0.3, 0.4) is 0 Å². The van der Waals surface area contributed by atoms with Crippen molar-refractivity contribution in [3.63, 3.8) is 0 Å². The second-order valence-corrected chi connectivity index (χ2v) is 6.05. The quantitative estimate of drug-likeness (QED) is 0.622. The Morgan fingerprint density at radius 3 is 2.59 bits per heavy atom. The van der Waals surface area contributed by atoms with Crippen LogP contribution in [0, 0.1) is 5.92 Å². The zero-order valence-electron chi connectivity index (χ0n) is 13.7. The van der Waals surface area contributed by atoms with Crippen LogP contribution in [0.15, 0.2) is 35.3 Å². The van der Waals surface area contributed by atoms with E-state index in [1.807, 2.05) is 18.2 Å². The molecule has 1 amide bonds. The second kappa shape index (κ2) is 7.82. The highest BCUT2D eigenvalue weighted by Gasteiger charge is 2.21. The molecule has 1 aromatic carbocycles. The third-order valence-corrected chi connectivity index (χ3v) is 3.78. The summed E-state index contributed by atoms with van der Waals surface area (Å²) in [6, 6.07) is 10.4. The van der Waals surface area contributed by atoms with Gasteiger partial charge < -0.3 is 15.5 Å². The van der Waals surface area contributed by atoms with Crippen LogP contribution in [0.4, 0.5) is 0 Å². The van der Waals surface area contributed by atoms with Crippen LogP contribution in [0.25, 0.3) is 0 Å². The molecule has 120 valence electrons. The van der Waals surface area contributed by atoms with Gasteiger partial charge in [-0.05, 0) is 31.2 Å². The van der Waals surface area contributed by atoms with Gasteiger partial charge in [-0.2, -0.15) is 0 Å². The minimum absolute atomic E-state index is 0.000105. The van der Waals surface area contributed by atoms with E-state index in [1.165, 1.54) is 18.4 Å². The van der Waals surface area contributed by atoms with Gasteiger partial charge in [-0.15, -0.1) is 0 Å². The maximum absolute atomic E-state index is 11.7. The van der Waals surface area contributed by atoms with E-state index in [0.717, 1.165) is 12.5 Å². The molecule has 1 fully saturated rings. The van der Waals surface area contributed by atoms with Crippen molar-refractivity contribution >= 4 is 11.9 Å². The molecule has 1 unspecified atom stereocenters. The zero-order valence-corrected chi connectivity index (χ0v) is 13.7. The Labute approximate surface area is 132 Å². The SMILES string of the molecule is CC(NC(=NCC(=O)N(C)C)NCC1CC1)c1ccccc1. The summed E-state index contributed by atoms with van der Waals surface area (Å²) in [6.45, 7) is 3.18. The molecule has 0 bridgehead atoms. The average molecular weight is 302 g/mol. The largest absolute Gasteiger partial charge is 0.356 e. The summed E-state index contributed by atoms with van der Waals surface area (Å²) in [5, 5.41) is 6.72. The van der Waals surface area contributed by atoms with E-state index >= 15 is 0 Å². The van der Waals surface area contributed by atoms with Crippen LogP contribution >= 0.6 is 0 Å². The maximum Gasteiger partial charge on any atom is 0.243 e. The Hall–Kier alpha value is -2.04. The normalized spacial score (nSPS) is 16.0. The van der Waals surface area contributed by atoms with Gasteiger partial charge >= 0.3 is 0 Å². The lowest BCUT2D eigenvalue weighted by molar-refractivity contribution is -0.127. The first-order valence-corrected chi connectivity index (χ1v) is 7.86. The molecule has 2 N–H and O–H groups in total.